The number of rotatable bonds is 4. The van der Waals surface area contributed by atoms with Gasteiger partial charge < -0.3 is 14.8 Å². The molecular weight excluding hydrogens is 298 g/mol. The number of aliphatic imine (C=N–C) groups is 1. The molecule has 128 valence electrons. The lowest BCUT2D eigenvalue weighted by Gasteiger charge is -2.33. The standard InChI is InChI=1S/C19H27N5/c1-16-5-4-9-24(13-16)19(20-2)22-12-17-6-3-7-18(11-17)14-23-10-8-21-15-23/h3,6-8,10-11,15-16H,4-5,9,12-14H2,1-2H3,(H,20,22). The highest BCUT2D eigenvalue weighted by Gasteiger charge is 2.18. The fourth-order valence-corrected chi connectivity index (χ4v) is 3.32. The van der Waals surface area contributed by atoms with E-state index in [4.69, 9.17) is 0 Å². The van der Waals surface area contributed by atoms with E-state index < -0.39 is 0 Å². The second-order valence-electron chi connectivity index (χ2n) is 6.65. The zero-order valence-corrected chi connectivity index (χ0v) is 14.7. The molecule has 0 spiro atoms. The Morgan fingerprint density at radius 1 is 1.38 bits per heavy atom. The molecule has 1 atom stereocenters. The van der Waals surface area contributed by atoms with Crippen molar-refractivity contribution in [3.63, 3.8) is 0 Å². The van der Waals surface area contributed by atoms with E-state index in [0.717, 1.165) is 38.1 Å². The van der Waals surface area contributed by atoms with E-state index in [2.05, 4.69) is 55.9 Å². The third kappa shape index (κ3) is 4.37. The maximum atomic E-state index is 4.46. The summed E-state index contributed by atoms with van der Waals surface area (Å²) in [5, 5.41) is 3.52. The predicted molar refractivity (Wildman–Crippen MR) is 97.9 cm³/mol. The van der Waals surface area contributed by atoms with E-state index in [-0.39, 0.29) is 0 Å². The first-order valence-electron chi connectivity index (χ1n) is 8.74. The number of likely N-dealkylation sites (tertiary alicyclic amines) is 1. The number of benzene rings is 1. The highest BCUT2D eigenvalue weighted by atomic mass is 15.3. The Morgan fingerprint density at radius 2 is 2.25 bits per heavy atom. The number of nitrogens with zero attached hydrogens (tertiary/aromatic N) is 4. The Balaban J connectivity index is 1.59. The van der Waals surface area contributed by atoms with Crippen LogP contribution < -0.4 is 5.32 Å². The molecule has 3 rings (SSSR count). The highest BCUT2D eigenvalue weighted by Crippen LogP contribution is 2.15. The largest absolute Gasteiger partial charge is 0.352 e. The molecule has 0 saturated carbocycles. The van der Waals surface area contributed by atoms with Crippen LogP contribution in [0.2, 0.25) is 0 Å². The normalized spacial score (nSPS) is 18.7. The second kappa shape index (κ2) is 7.99. The fourth-order valence-electron chi connectivity index (χ4n) is 3.32. The van der Waals surface area contributed by atoms with Gasteiger partial charge in [-0.3, -0.25) is 4.99 Å². The number of aromatic nitrogens is 2. The van der Waals surface area contributed by atoms with Crippen LogP contribution in [0.3, 0.4) is 0 Å². The van der Waals surface area contributed by atoms with Crippen LogP contribution >= 0.6 is 0 Å². The fraction of sp³-hybridized carbons (Fsp3) is 0.474. The Kier molecular flexibility index (Phi) is 5.51. The van der Waals surface area contributed by atoms with Gasteiger partial charge in [0, 0.05) is 45.6 Å². The molecule has 0 bridgehead atoms. The summed E-state index contributed by atoms with van der Waals surface area (Å²) in [4.78, 5) is 10.9. The zero-order valence-electron chi connectivity index (χ0n) is 14.7. The van der Waals surface area contributed by atoms with Crippen LogP contribution in [0.4, 0.5) is 0 Å². The molecule has 1 aliphatic heterocycles. The molecule has 1 unspecified atom stereocenters. The SMILES string of the molecule is CN=C(NCc1cccc(Cn2ccnc2)c1)N1CCCC(C)C1. The minimum Gasteiger partial charge on any atom is -0.352 e. The summed E-state index contributed by atoms with van der Waals surface area (Å²) < 4.78 is 2.08. The quantitative estimate of drug-likeness (QED) is 0.694. The maximum Gasteiger partial charge on any atom is 0.193 e. The van der Waals surface area contributed by atoms with Gasteiger partial charge >= 0.3 is 0 Å². The molecule has 5 nitrogen and oxygen atoms in total. The average molecular weight is 325 g/mol. The van der Waals surface area contributed by atoms with Crippen molar-refractivity contribution in [2.24, 2.45) is 10.9 Å². The van der Waals surface area contributed by atoms with Gasteiger partial charge in [0.25, 0.3) is 0 Å². The van der Waals surface area contributed by atoms with Gasteiger partial charge in [0.15, 0.2) is 5.96 Å². The molecule has 1 fully saturated rings. The summed E-state index contributed by atoms with van der Waals surface area (Å²) in [5.74, 6) is 1.76. The molecule has 1 aliphatic rings. The van der Waals surface area contributed by atoms with Crippen molar-refractivity contribution in [3.8, 4) is 0 Å². The van der Waals surface area contributed by atoms with Crippen molar-refractivity contribution < 1.29 is 0 Å². The van der Waals surface area contributed by atoms with Crippen molar-refractivity contribution in [2.75, 3.05) is 20.1 Å². The Morgan fingerprint density at radius 3 is 3.00 bits per heavy atom. The Bertz CT molecular complexity index is 662. The van der Waals surface area contributed by atoms with Gasteiger partial charge in [-0.25, -0.2) is 4.98 Å². The molecule has 0 radical (unpaired) electrons. The van der Waals surface area contributed by atoms with Crippen molar-refractivity contribution in [1.29, 1.82) is 0 Å². The minimum absolute atomic E-state index is 0.746. The smallest absolute Gasteiger partial charge is 0.193 e. The van der Waals surface area contributed by atoms with E-state index in [1.165, 1.54) is 24.0 Å². The van der Waals surface area contributed by atoms with Crippen molar-refractivity contribution in [1.82, 2.24) is 19.8 Å². The number of piperidine rings is 1. The van der Waals surface area contributed by atoms with Gasteiger partial charge in [-0.15, -0.1) is 0 Å². The number of imidazole rings is 1. The monoisotopic (exact) mass is 325 g/mol. The molecular formula is C19H27N5. The number of hydrogen-bond donors (Lipinski definition) is 1. The molecule has 1 aromatic carbocycles. The van der Waals surface area contributed by atoms with E-state index >= 15 is 0 Å². The molecule has 2 aromatic rings. The molecule has 0 amide bonds. The van der Waals surface area contributed by atoms with Crippen molar-refractivity contribution >= 4 is 5.96 Å². The lowest BCUT2D eigenvalue weighted by molar-refractivity contribution is 0.266. The maximum absolute atomic E-state index is 4.46. The summed E-state index contributed by atoms with van der Waals surface area (Å²) in [7, 11) is 1.87. The van der Waals surface area contributed by atoms with Crippen LogP contribution in [-0.2, 0) is 13.1 Å². The topological polar surface area (TPSA) is 45.5 Å². The van der Waals surface area contributed by atoms with Gasteiger partial charge in [-0.1, -0.05) is 31.2 Å². The summed E-state index contributed by atoms with van der Waals surface area (Å²) in [6.45, 7) is 6.17. The third-order valence-electron chi connectivity index (χ3n) is 4.53. The Labute approximate surface area is 144 Å². The molecule has 2 heterocycles. The van der Waals surface area contributed by atoms with Gasteiger partial charge in [-0.05, 0) is 29.9 Å². The van der Waals surface area contributed by atoms with Crippen LogP contribution in [0, 0.1) is 5.92 Å². The predicted octanol–water partition coefficient (Wildman–Crippen LogP) is 2.74. The van der Waals surface area contributed by atoms with Crippen molar-refractivity contribution in [3.05, 3.63) is 54.1 Å². The summed E-state index contributed by atoms with van der Waals surface area (Å²) >= 11 is 0. The van der Waals surface area contributed by atoms with Crippen molar-refractivity contribution in [2.45, 2.75) is 32.9 Å². The van der Waals surface area contributed by atoms with Gasteiger partial charge in [-0.2, -0.15) is 0 Å². The highest BCUT2D eigenvalue weighted by molar-refractivity contribution is 5.80. The lowest BCUT2D eigenvalue weighted by Crippen LogP contribution is -2.45. The summed E-state index contributed by atoms with van der Waals surface area (Å²) in [6, 6.07) is 8.69. The average Bonchev–Trinajstić information content (AvgIpc) is 3.09. The van der Waals surface area contributed by atoms with E-state index in [9.17, 15) is 0 Å². The number of hydrogen-bond acceptors (Lipinski definition) is 2. The minimum atomic E-state index is 0.746. The van der Waals surface area contributed by atoms with Crippen LogP contribution in [-0.4, -0.2) is 40.5 Å². The zero-order chi connectivity index (χ0) is 16.8. The lowest BCUT2D eigenvalue weighted by atomic mass is 10.0. The van der Waals surface area contributed by atoms with Crippen LogP contribution in [0.5, 0.6) is 0 Å². The molecule has 1 aromatic heterocycles. The van der Waals surface area contributed by atoms with E-state index in [0.29, 0.717) is 0 Å². The van der Waals surface area contributed by atoms with Crippen LogP contribution in [0.15, 0.2) is 48.0 Å². The first-order chi connectivity index (χ1) is 11.7. The molecule has 1 N–H and O–H groups in total. The second-order valence-corrected chi connectivity index (χ2v) is 6.65. The molecule has 1 saturated heterocycles. The first kappa shape index (κ1) is 16.6. The number of guanidine groups is 1. The third-order valence-corrected chi connectivity index (χ3v) is 4.53. The van der Waals surface area contributed by atoms with Crippen LogP contribution in [0.25, 0.3) is 0 Å². The van der Waals surface area contributed by atoms with Gasteiger partial charge in [0.05, 0.1) is 6.33 Å². The molecule has 5 heteroatoms. The Hall–Kier alpha value is -2.30. The van der Waals surface area contributed by atoms with Gasteiger partial charge in [0.1, 0.15) is 0 Å². The summed E-state index contributed by atoms with van der Waals surface area (Å²) in [6.07, 6.45) is 8.23. The first-order valence-corrected chi connectivity index (χ1v) is 8.74. The number of nitrogens with one attached hydrogen (secondary N) is 1. The van der Waals surface area contributed by atoms with Crippen LogP contribution in [0.1, 0.15) is 30.9 Å². The van der Waals surface area contributed by atoms with E-state index in [1.807, 2.05) is 25.8 Å². The van der Waals surface area contributed by atoms with E-state index in [1.54, 1.807) is 0 Å². The van der Waals surface area contributed by atoms with Gasteiger partial charge in [0.2, 0.25) is 0 Å². The molecule has 24 heavy (non-hydrogen) atoms. The summed E-state index contributed by atoms with van der Waals surface area (Å²) in [5.41, 5.74) is 2.56. The molecule has 0 aliphatic carbocycles.